The molecule has 0 radical (unpaired) electrons. The third-order valence-corrected chi connectivity index (χ3v) is 15.1. The summed E-state index contributed by atoms with van der Waals surface area (Å²) in [6, 6.07) is 0. The average Bonchev–Trinajstić information content (AvgIpc) is 3.41. The largest absolute Gasteiger partial charge is 0.462 e. The lowest BCUT2D eigenvalue weighted by Gasteiger charge is -2.18. The van der Waals surface area contributed by atoms with Crippen molar-refractivity contribution >= 4 is 17.9 Å². The SMILES string of the molecule is CCCCCCC/C=C\C/C=C\C/C=C\CCCCCCCCCCCCCCCCC(=O)OCC(COC(=O)CCCCCCCCCCCCCCC)OC(=O)CCCCCCCCCCCCCCCCC. The third-order valence-electron chi connectivity index (χ3n) is 15.1. The van der Waals surface area contributed by atoms with Crippen molar-refractivity contribution in [3.05, 3.63) is 36.5 Å². The second-order valence-corrected chi connectivity index (χ2v) is 22.7. The monoisotopic (exact) mass is 1050 g/mol. The Kier molecular flexibility index (Phi) is 62.1. The maximum atomic E-state index is 12.9. The molecule has 6 nitrogen and oxygen atoms in total. The van der Waals surface area contributed by atoms with Crippen molar-refractivity contribution in [2.75, 3.05) is 13.2 Å². The Balaban J connectivity index is 4.17. The molecule has 0 aliphatic rings. The summed E-state index contributed by atoms with van der Waals surface area (Å²) in [5.74, 6) is -0.839. The normalized spacial score (nSPS) is 12.2. The maximum absolute atomic E-state index is 12.9. The highest BCUT2D eigenvalue weighted by molar-refractivity contribution is 5.71. The molecule has 0 heterocycles. The van der Waals surface area contributed by atoms with Crippen LogP contribution in [0.1, 0.15) is 367 Å². The summed E-state index contributed by atoms with van der Waals surface area (Å²) in [6.45, 7) is 6.69. The summed E-state index contributed by atoms with van der Waals surface area (Å²) >= 11 is 0. The first-order valence-electron chi connectivity index (χ1n) is 33.5. The number of ether oxygens (including phenoxy) is 3. The summed E-state index contributed by atoms with van der Waals surface area (Å²) < 4.78 is 16.9. The fourth-order valence-corrected chi connectivity index (χ4v) is 10.1. The van der Waals surface area contributed by atoms with E-state index in [1.165, 1.54) is 257 Å². The smallest absolute Gasteiger partial charge is 0.306 e. The molecule has 0 aromatic rings. The van der Waals surface area contributed by atoms with E-state index in [9.17, 15) is 14.4 Å². The van der Waals surface area contributed by atoms with Crippen LogP contribution in [0.2, 0.25) is 0 Å². The second-order valence-electron chi connectivity index (χ2n) is 22.7. The molecular weight excluding hydrogens is 925 g/mol. The second kappa shape index (κ2) is 64.2. The van der Waals surface area contributed by atoms with Crippen LogP contribution in [0.25, 0.3) is 0 Å². The van der Waals surface area contributed by atoms with Crippen molar-refractivity contribution in [2.24, 2.45) is 0 Å². The summed E-state index contributed by atoms with van der Waals surface area (Å²) in [5.41, 5.74) is 0. The van der Waals surface area contributed by atoms with Gasteiger partial charge < -0.3 is 14.2 Å². The summed E-state index contributed by atoms with van der Waals surface area (Å²) in [5, 5.41) is 0. The number of rotatable bonds is 62. The van der Waals surface area contributed by atoms with Crippen LogP contribution >= 0.6 is 0 Å². The predicted molar refractivity (Wildman–Crippen MR) is 326 cm³/mol. The molecule has 0 aliphatic heterocycles. The molecule has 0 saturated carbocycles. The highest BCUT2D eigenvalue weighted by Gasteiger charge is 2.19. The topological polar surface area (TPSA) is 78.9 Å². The number of carbonyl (C=O) groups is 3. The van der Waals surface area contributed by atoms with Crippen LogP contribution in [-0.2, 0) is 28.6 Å². The van der Waals surface area contributed by atoms with E-state index >= 15 is 0 Å². The molecule has 0 saturated heterocycles. The van der Waals surface area contributed by atoms with Gasteiger partial charge in [-0.2, -0.15) is 0 Å². The first kappa shape index (κ1) is 72.6. The minimum atomic E-state index is -0.767. The molecule has 440 valence electrons. The molecule has 1 atom stereocenters. The number of allylic oxidation sites excluding steroid dienone is 6. The molecular formula is C69H128O6. The minimum absolute atomic E-state index is 0.0655. The molecule has 1 unspecified atom stereocenters. The van der Waals surface area contributed by atoms with Gasteiger partial charge in [0, 0.05) is 19.3 Å². The highest BCUT2D eigenvalue weighted by atomic mass is 16.6. The van der Waals surface area contributed by atoms with Crippen molar-refractivity contribution in [1.29, 1.82) is 0 Å². The van der Waals surface area contributed by atoms with Crippen LogP contribution in [-0.4, -0.2) is 37.2 Å². The van der Waals surface area contributed by atoms with Gasteiger partial charge in [0.05, 0.1) is 0 Å². The Morgan fingerprint density at radius 1 is 0.267 bits per heavy atom. The van der Waals surface area contributed by atoms with Gasteiger partial charge in [-0.15, -0.1) is 0 Å². The molecule has 0 rings (SSSR count). The van der Waals surface area contributed by atoms with E-state index in [1.807, 2.05) is 0 Å². The van der Waals surface area contributed by atoms with Gasteiger partial charge in [0.15, 0.2) is 6.10 Å². The Morgan fingerprint density at radius 3 is 0.747 bits per heavy atom. The van der Waals surface area contributed by atoms with Crippen molar-refractivity contribution in [3.63, 3.8) is 0 Å². The van der Waals surface area contributed by atoms with Crippen LogP contribution < -0.4 is 0 Å². The molecule has 0 aromatic heterocycles. The van der Waals surface area contributed by atoms with Gasteiger partial charge in [-0.25, -0.2) is 0 Å². The van der Waals surface area contributed by atoms with Gasteiger partial charge in [-0.1, -0.05) is 327 Å². The lowest BCUT2D eigenvalue weighted by atomic mass is 10.0. The van der Waals surface area contributed by atoms with Crippen LogP contribution in [0.5, 0.6) is 0 Å². The zero-order valence-corrected chi connectivity index (χ0v) is 50.6. The lowest BCUT2D eigenvalue weighted by Crippen LogP contribution is -2.30. The van der Waals surface area contributed by atoms with Crippen molar-refractivity contribution < 1.29 is 28.6 Å². The molecule has 0 fully saturated rings. The molecule has 0 amide bonds. The van der Waals surface area contributed by atoms with E-state index in [0.717, 1.165) is 70.6 Å². The zero-order chi connectivity index (χ0) is 54.3. The molecule has 0 spiro atoms. The zero-order valence-electron chi connectivity index (χ0n) is 50.6. The average molecular weight is 1050 g/mol. The predicted octanol–water partition coefficient (Wildman–Crippen LogP) is 22.8. The number of carbonyl (C=O) groups excluding carboxylic acids is 3. The van der Waals surface area contributed by atoms with Gasteiger partial charge in [0.2, 0.25) is 0 Å². The molecule has 0 bridgehead atoms. The first-order valence-corrected chi connectivity index (χ1v) is 33.5. The number of unbranched alkanes of at least 4 members (excludes halogenated alkanes) is 45. The van der Waals surface area contributed by atoms with E-state index in [1.54, 1.807) is 0 Å². The van der Waals surface area contributed by atoms with Crippen molar-refractivity contribution in [2.45, 2.75) is 374 Å². The van der Waals surface area contributed by atoms with Gasteiger partial charge in [0.1, 0.15) is 13.2 Å². The lowest BCUT2D eigenvalue weighted by molar-refractivity contribution is -0.167. The molecule has 75 heavy (non-hydrogen) atoms. The summed E-state index contributed by atoms with van der Waals surface area (Å²) in [6.07, 6.45) is 78.7. The minimum Gasteiger partial charge on any atom is -0.462 e. The van der Waals surface area contributed by atoms with Gasteiger partial charge in [-0.05, 0) is 57.8 Å². The molecule has 0 aromatic carbocycles. The van der Waals surface area contributed by atoms with Crippen LogP contribution in [0.15, 0.2) is 36.5 Å². The quantitative estimate of drug-likeness (QED) is 0.0261. The Hall–Kier alpha value is -2.37. The van der Waals surface area contributed by atoms with Crippen molar-refractivity contribution in [1.82, 2.24) is 0 Å². The highest BCUT2D eigenvalue weighted by Crippen LogP contribution is 2.18. The summed E-state index contributed by atoms with van der Waals surface area (Å²) in [4.78, 5) is 38.3. The van der Waals surface area contributed by atoms with Gasteiger partial charge >= 0.3 is 17.9 Å². The molecule has 6 heteroatoms. The summed E-state index contributed by atoms with van der Waals surface area (Å²) in [7, 11) is 0. The third kappa shape index (κ3) is 62.4. The van der Waals surface area contributed by atoms with Gasteiger partial charge in [-0.3, -0.25) is 14.4 Å². The first-order chi connectivity index (χ1) is 37.0. The number of hydrogen-bond donors (Lipinski definition) is 0. The Bertz CT molecular complexity index is 1250. The Morgan fingerprint density at radius 2 is 0.480 bits per heavy atom. The van der Waals surface area contributed by atoms with E-state index in [-0.39, 0.29) is 31.1 Å². The van der Waals surface area contributed by atoms with Crippen LogP contribution in [0.4, 0.5) is 0 Å². The standard InChI is InChI=1S/C69H128O6/c1-4-7-10-13-16-19-22-25-27-28-29-30-31-32-33-34-35-36-37-38-39-40-42-44-47-50-53-56-59-62-68(71)74-65-66(64-73-67(70)61-58-55-52-49-46-43-24-21-18-15-12-9-6-3)75-69(72)63-60-57-54-51-48-45-41-26-23-20-17-14-11-8-5-2/h22,25,28-29,31-32,66H,4-21,23-24,26-27,30,33-65H2,1-3H3/b25-22-,29-28-,32-31-. The molecule has 0 N–H and O–H groups in total. The van der Waals surface area contributed by atoms with E-state index < -0.39 is 6.10 Å². The molecule has 0 aliphatic carbocycles. The maximum Gasteiger partial charge on any atom is 0.306 e. The fourth-order valence-electron chi connectivity index (χ4n) is 10.1. The van der Waals surface area contributed by atoms with Gasteiger partial charge in [0.25, 0.3) is 0 Å². The number of esters is 3. The van der Waals surface area contributed by atoms with Crippen molar-refractivity contribution in [3.8, 4) is 0 Å². The van der Waals surface area contributed by atoms with Crippen LogP contribution in [0, 0.1) is 0 Å². The fraction of sp³-hybridized carbons (Fsp3) is 0.870. The van der Waals surface area contributed by atoms with Crippen LogP contribution in [0.3, 0.4) is 0 Å². The van der Waals surface area contributed by atoms with E-state index in [0.29, 0.717) is 19.3 Å². The van der Waals surface area contributed by atoms with E-state index in [2.05, 4.69) is 57.2 Å². The van der Waals surface area contributed by atoms with E-state index in [4.69, 9.17) is 14.2 Å². The Labute approximate surface area is 467 Å². The number of hydrogen-bond acceptors (Lipinski definition) is 6.